The number of quaternary nitrogens is 1. The fourth-order valence-electron chi connectivity index (χ4n) is 1.35. The van der Waals surface area contributed by atoms with Crippen LogP contribution in [0.5, 0.6) is 0 Å². The van der Waals surface area contributed by atoms with Crippen LogP contribution in [0, 0.1) is 5.92 Å². The summed E-state index contributed by atoms with van der Waals surface area (Å²) in [5.41, 5.74) is 0. The molecule has 0 aliphatic carbocycles. The van der Waals surface area contributed by atoms with Gasteiger partial charge in [-0.1, -0.05) is 0 Å². The third-order valence-corrected chi connectivity index (χ3v) is 2.06. The number of aliphatic hydroxyl groups excluding tert-OH is 1. The molecule has 2 atom stereocenters. The van der Waals surface area contributed by atoms with Crippen molar-refractivity contribution < 1.29 is 20.0 Å². The quantitative estimate of drug-likeness (QED) is 0.441. The zero-order valence-electron chi connectivity index (χ0n) is 6.62. The van der Waals surface area contributed by atoms with Crippen molar-refractivity contribution in [3.05, 3.63) is 0 Å². The van der Waals surface area contributed by atoms with E-state index in [1.54, 1.807) is 0 Å². The van der Waals surface area contributed by atoms with Crippen LogP contribution < -0.4 is 5.32 Å². The van der Waals surface area contributed by atoms with Crippen molar-refractivity contribution >= 4 is 5.97 Å². The molecule has 1 heterocycles. The number of carbonyl (C=O) groups is 1. The van der Waals surface area contributed by atoms with E-state index < -0.39 is 6.10 Å². The Bertz CT molecular complexity index is 149. The van der Waals surface area contributed by atoms with Gasteiger partial charge in [-0.3, -0.25) is 4.79 Å². The highest BCUT2D eigenvalue weighted by Gasteiger charge is 2.32. The lowest BCUT2D eigenvalue weighted by Crippen LogP contribution is -2.89. The summed E-state index contributed by atoms with van der Waals surface area (Å²) in [4.78, 5) is 11.0. The SMILES string of the molecule is COC(=O)[C@@H]1C[NH2+]CC[C@H]1O. The zero-order chi connectivity index (χ0) is 8.27. The van der Waals surface area contributed by atoms with E-state index in [0.29, 0.717) is 13.0 Å². The van der Waals surface area contributed by atoms with Crippen molar-refractivity contribution in [2.75, 3.05) is 20.2 Å². The van der Waals surface area contributed by atoms with Gasteiger partial charge < -0.3 is 15.2 Å². The maximum atomic E-state index is 11.0. The minimum absolute atomic E-state index is 0.298. The molecule has 64 valence electrons. The lowest BCUT2D eigenvalue weighted by molar-refractivity contribution is -0.670. The highest BCUT2D eigenvalue weighted by Crippen LogP contribution is 2.08. The van der Waals surface area contributed by atoms with E-state index in [4.69, 9.17) is 0 Å². The predicted molar refractivity (Wildman–Crippen MR) is 37.8 cm³/mol. The minimum atomic E-state index is -0.507. The number of carbonyl (C=O) groups excluding carboxylic acids is 1. The molecule has 11 heavy (non-hydrogen) atoms. The summed E-state index contributed by atoms with van der Waals surface area (Å²) < 4.78 is 4.54. The number of methoxy groups -OCH3 is 1. The van der Waals surface area contributed by atoms with E-state index in [0.717, 1.165) is 6.54 Å². The first kappa shape index (κ1) is 8.49. The molecule has 4 heteroatoms. The number of hydrogen-bond donors (Lipinski definition) is 2. The van der Waals surface area contributed by atoms with Crippen molar-refractivity contribution in [3.63, 3.8) is 0 Å². The molecule has 1 aliphatic heterocycles. The second kappa shape index (κ2) is 3.69. The van der Waals surface area contributed by atoms with E-state index in [9.17, 15) is 9.90 Å². The molecule has 1 fully saturated rings. The highest BCUT2D eigenvalue weighted by molar-refractivity contribution is 5.73. The Morgan fingerprint density at radius 1 is 1.73 bits per heavy atom. The van der Waals surface area contributed by atoms with E-state index in [1.165, 1.54) is 7.11 Å². The van der Waals surface area contributed by atoms with Crippen LogP contribution in [0.2, 0.25) is 0 Å². The maximum absolute atomic E-state index is 11.0. The van der Waals surface area contributed by atoms with Gasteiger partial charge in [0.2, 0.25) is 0 Å². The van der Waals surface area contributed by atoms with Crippen LogP contribution >= 0.6 is 0 Å². The normalized spacial score (nSPS) is 31.5. The average Bonchev–Trinajstić information content (AvgIpc) is 2.04. The fourth-order valence-corrected chi connectivity index (χ4v) is 1.35. The van der Waals surface area contributed by atoms with Crippen LogP contribution in [0.25, 0.3) is 0 Å². The van der Waals surface area contributed by atoms with Gasteiger partial charge in [0.1, 0.15) is 5.92 Å². The second-order valence-electron chi connectivity index (χ2n) is 2.80. The molecule has 1 aliphatic rings. The van der Waals surface area contributed by atoms with Crippen molar-refractivity contribution in [2.24, 2.45) is 5.92 Å². The molecule has 0 saturated carbocycles. The van der Waals surface area contributed by atoms with Gasteiger partial charge in [0.25, 0.3) is 0 Å². The second-order valence-corrected chi connectivity index (χ2v) is 2.80. The molecular weight excluding hydrogens is 146 g/mol. The summed E-state index contributed by atoms with van der Waals surface area (Å²) in [6.07, 6.45) is 0.173. The average molecular weight is 160 g/mol. The predicted octanol–water partition coefficient (Wildman–Crippen LogP) is -1.90. The van der Waals surface area contributed by atoms with Crippen LogP contribution in [0.15, 0.2) is 0 Å². The van der Waals surface area contributed by atoms with Crippen LogP contribution in [0.3, 0.4) is 0 Å². The molecule has 0 aromatic carbocycles. The van der Waals surface area contributed by atoms with Gasteiger partial charge in [-0.05, 0) is 0 Å². The van der Waals surface area contributed by atoms with Crippen LogP contribution in [0.1, 0.15) is 6.42 Å². The Balaban J connectivity index is 2.47. The zero-order valence-corrected chi connectivity index (χ0v) is 6.62. The number of aliphatic hydroxyl groups is 1. The minimum Gasteiger partial charge on any atom is -0.469 e. The largest absolute Gasteiger partial charge is 0.469 e. The lowest BCUT2D eigenvalue weighted by atomic mass is 9.96. The van der Waals surface area contributed by atoms with Crippen molar-refractivity contribution in [3.8, 4) is 0 Å². The molecule has 0 aromatic rings. The summed E-state index contributed by atoms with van der Waals surface area (Å²) in [6, 6.07) is 0. The molecule has 3 N–H and O–H groups in total. The molecule has 0 radical (unpaired) electrons. The number of hydrogen-bond acceptors (Lipinski definition) is 3. The molecule has 1 rings (SSSR count). The topological polar surface area (TPSA) is 63.1 Å². The van der Waals surface area contributed by atoms with Gasteiger partial charge in [-0.2, -0.15) is 0 Å². The number of esters is 1. The van der Waals surface area contributed by atoms with Gasteiger partial charge in [-0.25, -0.2) is 0 Å². The molecule has 0 aromatic heterocycles. The summed E-state index contributed by atoms with van der Waals surface area (Å²) in [7, 11) is 1.35. The monoisotopic (exact) mass is 160 g/mol. The Hall–Kier alpha value is -0.610. The number of ether oxygens (including phenoxy) is 1. The first-order valence-electron chi connectivity index (χ1n) is 3.83. The van der Waals surface area contributed by atoms with Crippen LogP contribution in [-0.4, -0.2) is 37.4 Å². The molecule has 0 unspecified atom stereocenters. The van der Waals surface area contributed by atoms with E-state index in [2.05, 4.69) is 4.74 Å². The Kier molecular flexibility index (Phi) is 2.84. The van der Waals surface area contributed by atoms with E-state index >= 15 is 0 Å². The first-order chi connectivity index (χ1) is 5.25. The third-order valence-electron chi connectivity index (χ3n) is 2.06. The molecule has 1 saturated heterocycles. The molecule has 0 bridgehead atoms. The third kappa shape index (κ3) is 1.91. The van der Waals surface area contributed by atoms with E-state index in [1.807, 2.05) is 5.32 Å². The summed E-state index contributed by atoms with van der Waals surface area (Å²) >= 11 is 0. The van der Waals surface area contributed by atoms with Crippen molar-refractivity contribution in [1.29, 1.82) is 0 Å². The smallest absolute Gasteiger partial charge is 0.317 e. The van der Waals surface area contributed by atoms with Crippen molar-refractivity contribution in [2.45, 2.75) is 12.5 Å². The van der Waals surface area contributed by atoms with Gasteiger partial charge in [0.05, 0.1) is 26.3 Å². The van der Waals surface area contributed by atoms with Crippen LogP contribution in [0.4, 0.5) is 0 Å². The molecular formula is C7H14NO3+. The summed E-state index contributed by atoms with van der Waals surface area (Å²) in [6.45, 7) is 1.54. The first-order valence-corrected chi connectivity index (χ1v) is 3.83. The number of nitrogens with two attached hydrogens (primary N) is 1. The van der Waals surface area contributed by atoms with Crippen molar-refractivity contribution in [1.82, 2.24) is 0 Å². The van der Waals surface area contributed by atoms with Gasteiger partial charge >= 0.3 is 5.97 Å². The maximum Gasteiger partial charge on any atom is 0.317 e. The Morgan fingerprint density at radius 3 is 3.00 bits per heavy atom. The van der Waals surface area contributed by atoms with Crippen LogP contribution in [-0.2, 0) is 9.53 Å². The van der Waals surface area contributed by atoms with Gasteiger partial charge in [0.15, 0.2) is 0 Å². The molecule has 0 amide bonds. The highest BCUT2D eigenvalue weighted by atomic mass is 16.5. The van der Waals surface area contributed by atoms with Gasteiger partial charge in [-0.15, -0.1) is 0 Å². The molecule has 4 nitrogen and oxygen atoms in total. The number of rotatable bonds is 1. The summed E-state index contributed by atoms with van der Waals surface area (Å²) in [5.74, 6) is -0.623. The summed E-state index contributed by atoms with van der Waals surface area (Å²) in [5, 5.41) is 11.4. The number of piperidine rings is 1. The Morgan fingerprint density at radius 2 is 2.45 bits per heavy atom. The Labute approximate surface area is 65.5 Å². The fraction of sp³-hybridized carbons (Fsp3) is 0.857. The van der Waals surface area contributed by atoms with E-state index in [-0.39, 0.29) is 11.9 Å². The van der Waals surface area contributed by atoms with Gasteiger partial charge in [0, 0.05) is 6.42 Å². The lowest BCUT2D eigenvalue weighted by Gasteiger charge is -2.23. The standard InChI is InChI=1S/C7H13NO3/c1-11-7(10)5-4-8-3-2-6(5)9/h5-6,8-9H,2-4H2,1H3/p+1/t5-,6-/m1/s1. The molecule has 0 spiro atoms.